The molecule has 0 saturated heterocycles. The lowest BCUT2D eigenvalue weighted by Gasteiger charge is -2.22. The summed E-state index contributed by atoms with van der Waals surface area (Å²) in [7, 11) is 0. The SMILES string of the molecule is CCCCCCCC/C=C\CCCCCCCC(=O)OCCCCCCCCCCCCCC/C=C\CCCCCCCCCCCCCCCCCCC(=O)NC(CO)C(O)CCCCCCCCCCC. The maximum Gasteiger partial charge on any atom is 0.305 e. The molecule has 0 aromatic heterocycles. The first-order valence-electron chi connectivity index (χ1n) is 33.1. The molecule has 0 aliphatic carbocycles. The number of allylic oxidation sites excluding steroid dienone is 4. The molecule has 1 amide bonds. The molecule has 0 rings (SSSR count). The van der Waals surface area contributed by atoms with Crippen LogP contribution in [0.5, 0.6) is 0 Å². The highest BCUT2D eigenvalue weighted by molar-refractivity contribution is 5.76. The van der Waals surface area contributed by atoms with Crippen molar-refractivity contribution in [2.24, 2.45) is 0 Å². The molecule has 73 heavy (non-hydrogen) atoms. The molecule has 0 aromatic carbocycles. The van der Waals surface area contributed by atoms with Crippen LogP contribution in [0.2, 0.25) is 0 Å². The summed E-state index contributed by atoms with van der Waals surface area (Å²) >= 11 is 0. The van der Waals surface area contributed by atoms with Crippen LogP contribution < -0.4 is 5.32 Å². The summed E-state index contributed by atoms with van der Waals surface area (Å²) < 4.78 is 5.49. The first-order chi connectivity index (χ1) is 36.0. The Morgan fingerprint density at radius 1 is 0.370 bits per heavy atom. The molecule has 0 saturated carbocycles. The summed E-state index contributed by atoms with van der Waals surface area (Å²) in [6, 6.07) is -0.537. The Kier molecular flexibility index (Phi) is 61.4. The van der Waals surface area contributed by atoms with E-state index in [0.717, 1.165) is 44.9 Å². The Morgan fingerprint density at radius 2 is 0.644 bits per heavy atom. The highest BCUT2D eigenvalue weighted by Crippen LogP contribution is 2.18. The molecule has 6 nitrogen and oxygen atoms in total. The van der Waals surface area contributed by atoms with Crippen LogP contribution in [-0.2, 0) is 14.3 Å². The van der Waals surface area contributed by atoms with E-state index in [9.17, 15) is 19.8 Å². The van der Waals surface area contributed by atoms with Gasteiger partial charge in [-0.15, -0.1) is 0 Å². The largest absolute Gasteiger partial charge is 0.466 e. The molecule has 2 unspecified atom stereocenters. The molecule has 0 spiro atoms. The zero-order valence-electron chi connectivity index (χ0n) is 49.4. The lowest BCUT2D eigenvalue weighted by atomic mass is 10.0. The van der Waals surface area contributed by atoms with Crippen molar-refractivity contribution in [2.45, 2.75) is 379 Å². The Hall–Kier alpha value is -1.66. The summed E-state index contributed by atoms with van der Waals surface area (Å²) in [5, 5.41) is 23.1. The topological polar surface area (TPSA) is 95.9 Å². The third-order valence-corrected chi connectivity index (χ3v) is 15.5. The number of ether oxygens (including phenoxy) is 1. The number of esters is 1. The average Bonchev–Trinajstić information content (AvgIpc) is 3.39. The van der Waals surface area contributed by atoms with Crippen molar-refractivity contribution < 1.29 is 24.5 Å². The summed E-state index contributed by atoms with van der Waals surface area (Å²) in [6.07, 6.45) is 78.0. The van der Waals surface area contributed by atoms with Gasteiger partial charge in [0, 0.05) is 12.8 Å². The number of aliphatic hydroxyl groups is 2. The molecule has 0 bridgehead atoms. The van der Waals surface area contributed by atoms with Gasteiger partial charge in [0.25, 0.3) is 0 Å². The Bertz CT molecular complexity index is 1140. The monoisotopic (exact) mass is 1030 g/mol. The van der Waals surface area contributed by atoms with E-state index in [1.54, 1.807) is 0 Å². The minimum Gasteiger partial charge on any atom is -0.466 e. The van der Waals surface area contributed by atoms with Gasteiger partial charge in [0.15, 0.2) is 0 Å². The minimum absolute atomic E-state index is 0.0105. The maximum absolute atomic E-state index is 12.4. The van der Waals surface area contributed by atoms with E-state index in [1.807, 2.05) is 0 Å². The lowest BCUT2D eigenvalue weighted by Crippen LogP contribution is -2.45. The van der Waals surface area contributed by atoms with Gasteiger partial charge in [-0.3, -0.25) is 9.59 Å². The lowest BCUT2D eigenvalue weighted by molar-refractivity contribution is -0.143. The van der Waals surface area contributed by atoms with Gasteiger partial charge < -0.3 is 20.3 Å². The molecule has 0 aliphatic heterocycles. The molecular weight excluding hydrogens is 899 g/mol. The minimum atomic E-state index is -0.659. The van der Waals surface area contributed by atoms with E-state index in [-0.39, 0.29) is 18.5 Å². The second-order valence-electron chi connectivity index (χ2n) is 22.8. The fraction of sp³-hybridized carbons (Fsp3) is 0.910. The van der Waals surface area contributed by atoms with Gasteiger partial charge in [-0.05, 0) is 77.0 Å². The van der Waals surface area contributed by atoms with Gasteiger partial charge in [-0.2, -0.15) is 0 Å². The van der Waals surface area contributed by atoms with Crippen LogP contribution in [0.15, 0.2) is 24.3 Å². The van der Waals surface area contributed by atoms with Gasteiger partial charge in [-0.25, -0.2) is 0 Å². The molecule has 432 valence electrons. The van der Waals surface area contributed by atoms with E-state index in [2.05, 4.69) is 43.5 Å². The summed E-state index contributed by atoms with van der Waals surface area (Å²) in [4.78, 5) is 24.5. The molecule has 6 heteroatoms. The van der Waals surface area contributed by atoms with Gasteiger partial charge in [0.1, 0.15) is 0 Å². The Labute approximate surface area is 456 Å². The van der Waals surface area contributed by atoms with Crippen molar-refractivity contribution in [3.05, 3.63) is 24.3 Å². The maximum atomic E-state index is 12.4. The zero-order chi connectivity index (χ0) is 52.9. The molecule has 0 radical (unpaired) electrons. The van der Waals surface area contributed by atoms with E-state index in [4.69, 9.17) is 4.74 Å². The van der Waals surface area contributed by atoms with Crippen molar-refractivity contribution in [3.63, 3.8) is 0 Å². The fourth-order valence-corrected chi connectivity index (χ4v) is 10.4. The van der Waals surface area contributed by atoms with Crippen LogP contribution in [0, 0.1) is 0 Å². The van der Waals surface area contributed by atoms with Crippen molar-refractivity contribution >= 4 is 11.9 Å². The number of nitrogens with one attached hydrogen (secondary N) is 1. The second-order valence-corrected chi connectivity index (χ2v) is 22.8. The van der Waals surface area contributed by atoms with Gasteiger partial charge >= 0.3 is 5.97 Å². The van der Waals surface area contributed by atoms with E-state index in [1.165, 1.54) is 289 Å². The molecule has 0 heterocycles. The standard InChI is InChI=1S/C67H129NO5/c1-3-5-7-9-11-13-14-15-34-38-41-45-49-53-57-61-67(72)73-62-58-54-50-46-42-39-36-33-31-29-27-25-23-21-19-17-16-18-20-22-24-26-28-30-32-35-37-40-44-48-52-56-60-66(71)68-64(63-69)65(70)59-55-51-47-43-12-10-8-6-4-2/h15,19,21,34,64-65,69-70H,3-14,16-18,20,22-33,35-63H2,1-2H3,(H,68,71)/b21-19-,34-15-. The number of rotatable bonds is 62. The Balaban J connectivity index is 3.32. The number of carbonyl (C=O) groups excluding carboxylic acids is 2. The number of hydrogen-bond acceptors (Lipinski definition) is 5. The van der Waals surface area contributed by atoms with Gasteiger partial charge in [0.2, 0.25) is 5.91 Å². The number of aliphatic hydroxyl groups excluding tert-OH is 2. The van der Waals surface area contributed by atoms with Crippen molar-refractivity contribution in [1.29, 1.82) is 0 Å². The second kappa shape index (κ2) is 62.9. The molecule has 0 aliphatic rings. The number of hydrogen-bond donors (Lipinski definition) is 3. The molecule has 0 fully saturated rings. The van der Waals surface area contributed by atoms with E-state index < -0.39 is 12.1 Å². The van der Waals surface area contributed by atoms with Crippen molar-refractivity contribution in [3.8, 4) is 0 Å². The summed E-state index contributed by atoms with van der Waals surface area (Å²) in [5.74, 6) is -0.0229. The Morgan fingerprint density at radius 3 is 0.973 bits per heavy atom. The van der Waals surface area contributed by atoms with E-state index in [0.29, 0.717) is 25.9 Å². The third kappa shape index (κ3) is 59.4. The van der Waals surface area contributed by atoms with Gasteiger partial charge in [0.05, 0.1) is 25.4 Å². The summed E-state index contributed by atoms with van der Waals surface area (Å²) in [5.41, 5.74) is 0. The number of amides is 1. The van der Waals surface area contributed by atoms with Crippen LogP contribution in [0.4, 0.5) is 0 Å². The highest BCUT2D eigenvalue weighted by atomic mass is 16.5. The third-order valence-electron chi connectivity index (χ3n) is 15.5. The highest BCUT2D eigenvalue weighted by Gasteiger charge is 2.20. The van der Waals surface area contributed by atoms with Crippen LogP contribution in [-0.4, -0.2) is 47.4 Å². The fourth-order valence-electron chi connectivity index (χ4n) is 10.4. The van der Waals surface area contributed by atoms with Crippen molar-refractivity contribution in [2.75, 3.05) is 13.2 Å². The first-order valence-corrected chi connectivity index (χ1v) is 33.1. The molecule has 2 atom stereocenters. The first kappa shape index (κ1) is 71.3. The van der Waals surface area contributed by atoms with Crippen LogP contribution in [0.25, 0.3) is 0 Å². The normalized spacial score (nSPS) is 12.7. The predicted octanol–water partition coefficient (Wildman–Crippen LogP) is 21.0. The summed E-state index contributed by atoms with van der Waals surface area (Å²) in [6.45, 7) is 4.94. The van der Waals surface area contributed by atoms with Gasteiger partial charge in [-0.1, -0.05) is 301 Å². The molecule has 3 N–H and O–H groups in total. The predicted molar refractivity (Wildman–Crippen MR) is 320 cm³/mol. The van der Waals surface area contributed by atoms with Crippen molar-refractivity contribution in [1.82, 2.24) is 5.32 Å². The quantitative estimate of drug-likeness (QED) is 0.0320. The van der Waals surface area contributed by atoms with Crippen LogP contribution in [0.1, 0.15) is 367 Å². The number of unbranched alkanes of at least 4 members (excludes halogenated alkanes) is 47. The molecular formula is C67H129NO5. The van der Waals surface area contributed by atoms with E-state index >= 15 is 0 Å². The molecule has 0 aromatic rings. The van der Waals surface area contributed by atoms with Crippen LogP contribution in [0.3, 0.4) is 0 Å². The smallest absolute Gasteiger partial charge is 0.305 e. The number of carbonyl (C=O) groups is 2. The van der Waals surface area contributed by atoms with Crippen LogP contribution >= 0.6 is 0 Å². The average molecular weight is 1030 g/mol. The zero-order valence-corrected chi connectivity index (χ0v) is 49.4.